The number of halogens is 4. The maximum Gasteiger partial charge on any atom is 0.254 e. The average molecular weight is 402 g/mol. The van der Waals surface area contributed by atoms with Crippen LogP contribution in [-0.2, 0) is 10.0 Å². The van der Waals surface area contributed by atoms with Crippen LogP contribution < -0.4 is 0 Å². The van der Waals surface area contributed by atoms with Gasteiger partial charge in [-0.2, -0.15) is 4.31 Å². The van der Waals surface area contributed by atoms with E-state index in [1.165, 1.54) is 4.90 Å². The molecule has 10 heteroatoms. The Balaban J connectivity index is 1.72. The first-order chi connectivity index (χ1) is 12.7. The summed E-state index contributed by atoms with van der Waals surface area (Å²) >= 11 is 0. The Morgan fingerprint density at radius 3 is 1.96 bits per heavy atom. The highest BCUT2D eigenvalue weighted by Crippen LogP contribution is 2.21. The van der Waals surface area contributed by atoms with E-state index in [1.807, 2.05) is 0 Å². The Labute approximate surface area is 152 Å². The normalized spacial score (nSPS) is 15.8. The molecule has 1 saturated heterocycles. The summed E-state index contributed by atoms with van der Waals surface area (Å²) in [5, 5.41) is 0. The summed E-state index contributed by atoms with van der Waals surface area (Å²) in [4.78, 5) is 13.2. The number of piperazine rings is 1. The van der Waals surface area contributed by atoms with Gasteiger partial charge in [0.05, 0.1) is 4.90 Å². The van der Waals surface area contributed by atoms with Crippen LogP contribution in [0, 0.1) is 23.3 Å². The molecule has 1 fully saturated rings. The lowest BCUT2D eigenvalue weighted by Gasteiger charge is -2.34. The fraction of sp³-hybridized carbons (Fsp3) is 0.235. The molecule has 2 aromatic carbocycles. The maximum atomic E-state index is 13.3. The van der Waals surface area contributed by atoms with Gasteiger partial charge in [-0.1, -0.05) is 0 Å². The zero-order valence-corrected chi connectivity index (χ0v) is 14.6. The van der Waals surface area contributed by atoms with Gasteiger partial charge in [0, 0.05) is 37.8 Å². The van der Waals surface area contributed by atoms with Crippen molar-refractivity contribution in [2.75, 3.05) is 26.2 Å². The fourth-order valence-electron chi connectivity index (χ4n) is 2.78. The molecule has 1 aliphatic rings. The first-order valence-electron chi connectivity index (χ1n) is 7.89. The number of hydrogen-bond acceptors (Lipinski definition) is 3. The minimum absolute atomic E-state index is 0.0140. The van der Waals surface area contributed by atoms with Crippen LogP contribution in [0.2, 0.25) is 0 Å². The molecule has 0 aliphatic carbocycles. The molecule has 0 N–H and O–H groups in total. The van der Waals surface area contributed by atoms with Gasteiger partial charge in [-0.15, -0.1) is 0 Å². The standard InChI is InChI=1S/C17H14F4N2O3S/c18-12-7-11(8-13(19)9-12)17(24)22-3-5-23(6-4-22)27(25,26)14-1-2-15(20)16(21)10-14/h1-2,7-10H,3-6H2. The van der Waals surface area contributed by atoms with Crippen LogP contribution in [0.15, 0.2) is 41.3 Å². The molecule has 1 amide bonds. The molecule has 1 heterocycles. The van der Waals surface area contributed by atoms with Crippen molar-refractivity contribution in [1.29, 1.82) is 0 Å². The van der Waals surface area contributed by atoms with E-state index < -0.39 is 44.1 Å². The first-order valence-corrected chi connectivity index (χ1v) is 9.33. The Kier molecular flexibility index (Phi) is 5.20. The Morgan fingerprint density at radius 2 is 1.41 bits per heavy atom. The second-order valence-corrected chi connectivity index (χ2v) is 7.87. The van der Waals surface area contributed by atoms with Crippen molar-refractivity contribution in [3.05, 3.63) is 65.2 Å². The fourth-order valence-corrected chi connectivity index (χ4v) is 4.21. The van der Waals surface area contributed by atoms with Crippen molar-refractivity contribution in [3.63, 3.8) is 0 Å². The summed E-state index contributed by atoms with van der Waals surface area (Å²) in [6.07, 6.45) is 0. The summed E-state index contributed by atoms with van der Waals surface area (Å²) in [5.41, 5.74) is -0.176. The van der Waals surface area contributed by atoms with Crippen LogP contribution >= 0.6 is 0 Å². The Morgan fingerprint density at radius 1 is 0.815 bits per heavy atom. The maximum absolute atomic E-state index is 13.3. The minimum atomic E-state index is -4.06. The monoisotopic (exact) mass is 402 g/mol. The molecule has 0 spiro atoms. The molecule has 144 valence electrons. The van der Waals surface area contributed by atoms with Gasteiger partial charge in [0.2, 0.25) is 10.0 Å². The van der Waals surface area contributed by atoms with E-state index in [4.69, 9.17) is 0 Å². The Hall–Kier alpha value is -2.46. The third-order valence-electron chi connectivity index (χ3n) is 4.16. The van der Waals surface area contributed by atoms with Gasteiger partial charge in [0.15, 0.2) is 11.6 Å². The first kappa shape index (κ1) is 19.3. The van der Waals surface area contributed by atoms with E-state index >= 15 is 0 Å². The number of carbonyl (C=O) groups excluding carboxylic acids is 1. The largest absolute Gasteiger partial charge is 0.336 e. The van der Waals surface area contributed by atoms with Gasteiger partial charge in [-0.3, -0.25) is 4.79 Å². The highest BCUT2D eigenvalue weighted by molar-refractivity contribution is 7.89. The number of hydrogen-bond donors (Lipinski definition) is 0. The zero-order chi connectivity index (χ0) is 19.8. The summed E-state index contributed by atoms with van der Waals surface area (Å²) in [7, 11) is -4.06. The smallest absolute Gasteiger partial charge is 0.254 e. The highest BCUT2D eigenvalue weighted by Gasteiger charge is 2.31. The van der Waals surface area contributed by atoms with E-state index in [-0.39, 0.29) is 31.7 Å². The van der Waals surface area contributed by atoms with Crippen molar-refractivity contribution in [2.24, 2.45) is 0 Å². The molecule has 3 rings (SSSR count). The predicted molar refractivity (Wildman–Crippen MR) is 87.4 cm³/mol. The van der Waals surface area contributed by atoms with Gasteiger partial charge < -0.3 is 4.90 Å². The van der Waals surface area contributed by atoms with Crippen molar-refractivity contribution in [1.82, 2.24) is 9.21 Å². The van der Waals surface area contributed by atoms with Crippen LogP contribution in [0.4, 0.5) is 17.6 Å². The van der Waals surface area contributed by atoms with Crippen molar-refractivity contribution < 1.29 is 30.8 Å². The third-order valence-corrected chi connectivity index (χ3v) is 6.06. The number of nitrogens with zero attached hydrogens (tertiary/aromatic N) is 2. The Bertz CT molecular complexity index is 969. The molecule has 1 aliphatic heterocycles. The van der Waals surface area contributed by atoms with Gasteiger partial charge >= 0.3 is 0 Å². The second-order valence-electron chi connectivity index (χ2n) is 5.93. The van der Waals surface area contributed by atoms with E-state index in [1.54, 1.807) is 0 Å². The van der Waals surface area contributed by atoms with Gasteiger partial charge in [-0.05, 0) is 30.3 Å². The summed E-state index contributed by atoms with van der Waals surface area (Å²) < 4.78 is 78.9. The van der Waals surface area contributed by atoms with Crippen LogP contribution in [0.5, 0.6) is 0 Å². The molecule has 0 unspecified atom stereocenters. The molecule has 5 nitrogen and oxygen atoms in total. The van der Waals surface area contributed by atoms with Crippen LogP contribution in [-0.4, -0.2) is 49.7 Å². The van der Waals surface area contributed by atoms with E-state index in [0.717, 1.165) is 28.6 Å². The second kappa shape index (κ2) is 7.28. The summed E-state index contributed by atoms with van der Waals surface area (Å²) in [6.45, 7) is -0.213. The van der Waals surface area contributed by atoms with Gasteiger partial charge in [-0.25, -0.2) is 26.0 Å². The minimum Gasteiger partial charge on any atom is -0.336 e. The van der Waals surface area contributed by atoms with Gasteiger partial charge in [0.25, 0.3) is 5.91 Å². The van der Waals surface area contributed by atoms with Crippen molar-refractivity contribution in [3.8, 4) is 0 Å². The number of amides is 1. The average Bonchev–Trinajstić information content (AvgIpc) is 2.62. The SMILES string of the molecule is O=C(c1cc(F)cc(F)c1)N1CCN(S(=O)(=O)c2ccc(F)c(F)c2)CC1. The molecule has 27 heavy (non-hydrogen) atoms. The van der Waals surface area contributed by atoms with E-state index in [9.17, 15) is 30.8 Å². The third kappa shape index (κ3) is 3.96. The predicted octanol–water partition coefficient (Wildman–Crippen LogP) is 2.39. The molecule has 0 saturated carbocycles. The molecular formula is C17H14F4N2O3S. The number of rotatable bonds is 3. The van der Waals surface area contributed by atoms with Crippen molar-refractivity contribution >= 4 is 15.9 Å². The van der Waals surface area contributed by atoms with E-state index in [2.05, 4.69) is 0 Å². The molecule has 2 aromatic rings. The summed E-state index contributed by atoms with van der Waals surface area (Å²) in [5.74, 6) is -4.85. The molecule has 0 atom stereocenters. The quantitative estimate of drug-likeness (QED) is 0.741. The highest BCUT2D eigenvalue weighted by atomic mass is 32.2. The number of sulfonamides is 1. The lowest BCUT2D eigenvalue weighted by molar-refractivity contribution is 0.0697. The lowest BCUT2D eigenvalue weighted by atomic mass is 10.1. The molecule has 0 bridgehead atoms. The number of benzene rings is 2. The van der Waals surface area contributed by atoms with Crippen LogP contribution in [0.25, 0.3) is 0 Å². The van der Waals surface area contributed by atoms with Crippen LogP contribution in [0.3, 0.4) is 0 Å². The van der Waals surface area contributed by atoms with Crippen molar-refractivity contribution in [2.45, 2.75) is 4.90 Å². The van der Waals surface area contributed by atoms with Crippen LogP contribution in [0.1, 0.15) is 10.4 Å². The molecule has 0 aromatic heterocycles. The lowest BCUT2D eigenvalue weighted by Crippen LogP contribution is -2.50. The van der Waals surface area contributed by atoms with Gasteiger partial charge in [0.1, 0.15) is 11.6 Å². The number of carbonyl (C=O) groups is 1. The van der Waals surface area contributed by atoms with E-state index in [0.29, 0.717) is 12.1 Å². The molecule has 0 radical (unpaired) electrons. The zero-order valence-electron chi connectivity index (χ0n) is 13.8. The topological polar surface area (TPSA) is 57.7 Å². The summed E-state index contributed by atoms with van der Waals surface area (Å²) in [6, 6.07) is 4.72. The molecular weight excluding hydrogens is 388 g/mol.